The van der Waals surface area contributed by atoms with Gasteiger partial charge in [0, 0.05) is 0 Å². The third-order valence-corrected chi connectivity index (χ3v) is 2.43. The first kappa shape index (κ1) is 9.35. The lowest BCUT2D eigenvalue weighted by molar-refractivity contribution is -0.156. The maximum Gasteiger partial charge on any atom is 0.167 e. The highest BCUT2D eigenvalue weighted by molar-refractivity contribution is 6.01. The minimum Gasteiger partial charge on any atom is -0.385 e. The molecule has 0 aromatic rings. The average Bonchev–Trinajstić information content (AvgIpc) is 2.08. The first-order valence-corrected chi connectivity index (χ1v) is 3.90. The number of aliphatic hydroxyl groups excluding tert-OH is 2. The molecule has 0 amide bonds. The molecular weight excluding hydrogens is 160 g/mol. The molecule has 0 radical (unpaired) electrons. The molecule has 0 aliphatic heterocycles. The van der Waals surface area contributed by atoms with Crippen molar-refractivity contribution in [3.63, 3.8) is 0 Å². The zero-order chi connectivity index (χ0) is 9.46. The topological polar surface area (TPSA) is 74.6 Å². The Kier molecular flexibility index (Phi) is 2.30. The van der Waals surface area contributed by atoms with E-state index in [0.29, 0.717) is 0 Å². The average molecular weight is 172 g/mol. The number of carbonyl (C=O) groups is 2. The summed E-state index contributed by atoms with van der Waals surface area (Å²) in [6.45, 7) is 2.89. The van der Waals surface area contributed by atoms with Crippen LogP contribution >= 0.6 is 0 Å². The molecule has 2 N–H and O–H groups in total. The summed E-state index contributed by atoms with van der Waals surface area (Å²) < 4.78 is 0. The van der Waals surface area contributed by atoms with Gasteiger partial charge in [0.15, 0.2) is 11.6 Å². The number of hydrogen-bond donors (Lipinski definition) is 2. The Morgan fingerprint density at radius 3 is 1.42 bits per heavy atom. The van der Waals surface area contributed by atoms with Crippen LogP contribution in [0.15, 0.2) is 0 Å². The van der Waals surface area contributed by atoms with Crippen LogP contribution in [0.1, 0.15) is 13.8 Å². The lowest BCUT2D eigenvalue weighted by atomic mass is 9.77. The van der Waals surface area contributed by atoms with Crippen LogP contribution in [-0.4, -0.2) is 34.0 Å². The minimum absolute atomic E-state index is 0.449. The van der Waals surface area contributed by atoms with E-state index in [9.17, 15) is 19.8 Å². The number of carbonyl (C=O) groups excluding carboxylic acids is 2. The van der Waals surface area contributed by atoms with Crippen LogP contribution in [-0.2, 0) is 9.59 Å². The second-order valence-corrected chi connectivity index (χ2v) is 3.27. The van der Waals surface area contributed by atoms with Gasteiger partial charge in [-0.25, -0.2) is 0 Å². The van der Waals surface area contributed by atoms with E-state index in [-0.39, 0.29) is 0 Å². The minimum atomic E-state index is -1.24. The molecular formula is C8H12O4. The SMILES string of the molecule is CC1C(=O)C(O)C(C)C(=O)C1O. The number of Topliss-reactive ketones (excluding diaryl/α,β-unsaturated/α-hetero) is 2. The van der Waals surface area contributed by atoms with Gasteiger partial charge in [0.2, 0.25) is 0 Å². The van der Waals surface area contributed by atoms with E-state index < -0.39 is 35.6 Å². The standard InChI is InChI=1S/C8H12O4/c1-3-5(9)7(11)4(2)8(12)6(3)10/h3-5,8-9,12H,1-2H3. The van der Waals surface area contributed by atoms with E-state index in [0.717, 1.165) is 0 Å². The predicted octanol–water partition coefficient (Wildman–Crippen LogP) is -0.868. The number of rotatable bonds is 0. The van der Waals surface area contributed by atoms with Crippen LogP contribution < -0.4 is 0 Å². The molecule has 4 nitrogen and oxygen atoms in total. The summed E-state index contributed by atoms with van der Waals surface area (Å²) in [7, 11) is 0. The first-order chi connectivity index (χ1) is 5.46. The number of aliphatic hydroxyl groups is 2. The van der Waals surface area contributed by atoms with Crippen LogP contribution in [0.25, 0.3) is 0 Å². The second kappa shape index (κ2) is 2.95. The van der Waals surface area contributed by atoms with Crippen molar-refractivity contribution in [3.05, 3.63) is 0 Å². The van der Waals surface area contributed by atoms with Gasteiger partial charge >= 0.3 is 0 Å². The zero-order valence-electron chi connectivity index (χ0n) is 7.02. The molecule has 0 aromatic carbocycles. The van der Waals surface area contributed by atoms with E-state index >= 15 is 0 Å². The van der Waals surface area contributed by atoms with Crippen molar-refractivity contribution in [3.8, 4) is 0 Å². The van der Waals surface area contributed by atoms with Gasteiger partial charge in [0.1, 0.15) is 12.2 Å². The predicted molar refractivity (Wildman–Crippen MR) is 40.4 cm³/mol. The molecule has 1 aliphatic rings. The molecule has 1 fully saturated rings. The summed E-state index contributed by atoms with van der Waals surface area (Å²) in [4.78, 5) is 22.3. The molecule has 0 saturated heterocycles. The van der Waals surface area contributed by atoms with Crippen LogP contribution in [0.5, 0.6) is 0 Å². The van der Waals surface area contributed by atoms with Crippen molar-refractivity contribution in [2.75, 3.05) is 0 Å². The van der Waals surface area contributed by atoms with E-state index in [2.05, 4.69) is 0 Å². The van der Waals surface area contributed by atoms with Crippen LogP contribution in [0.4, 0.5) is 0 Å². The van der Waals surface area contributed by atoms with E-state index in [4.69, 9.17) is 0 Å². The lowest BCUT2D eigenvalue weighted by Gasteiger charge is -2.30. The molecule has 1 saturated carbocycles. The maximum atomic E-state index is 11.1. The van der Waals surface area contributed by atoms with Gasteiger partial charge < -0.3 is 10.2 Å². The van der Waals surface area contributed by atoms with Gasteiger partial charge in [0.05, 0.1) is 11.8 Å². The molecule has 4 atom stereocenters. The van der Waals surface area contributed by atoms with Gasteiger partial charge in [-0.05, 0) is 0 Å². The van der Waals surface area contributed by atoms with Gasteiger partial charge in [-0.2, -0.15) is 0 Å². The van der Waals surface area contributed by atoms with Crippen molar-refractivity contribution >= 4 is 11.6 Å². The molecule has 12 heavy (non-hydrogen) atoms. The molecule has 0 bridgehead atoms. The Bertz CT molecular complexity index is 179. The van der Waals surface area contributed by atoms with E-state index in [1.54, 1.807) is 0 Å². The molecule has 1 aliphatic carbocycles. The fourth-order valence-corrected chi connectivity index (χ4v) is 1.34. The quantitative estimate of drug-likeness (QED) is 0.498. The summed E-state index contributed by atoms with van der Waals surface area (Å²) in [5, 5.41) is 18.4. The van der Waals surface area contributed by atoms with Crippen molar-refractivity contribution in [1.82, 2.24) is 0 Å². The highest BCUT2D eigenvalue weighted by atomic mass is 16.3. The molecule has 1 rings (SSSR count). The Hall–Kier alpha value is -0.740. The lowest BCUT2D eigenvalue weighted by Crippen LogP contribution is -2.51. The van der Waals surface area contributed by atoms with Crippen LogP contribution in [0.2, 0.25) is 0 Å². The third-order valence-electron chi connectivity index (χ3n) is 2.43. The van der Waals surface area contributed by atoms with Crippen LogP contribution in [0, 0.1) is 11.8 Å². The zero-order valence-corrected chi connectivity index (χ0v) is 7.02. The molecule has 4 heteroatoms. The monoisotopic (exact) mass is 172 g/mol. The molecule has 68 valence electrons. The largest absolute Gasteiger partial charge is 0.385 e. The Labute approximate surface area is 70.2 Å². The Morgan fingerprint density at radius 1 is 0.917 bits per heavy atom. The molecule has 0 spiro atoms. The Morgan fingerprint density at radius 2 is 1.17 bits per heavy atom. The second-order valence-electron chi connectivity index (χ2n) is 3.27. The summed E-state index contributed by atoms with van der Waals surface area (Å²) in [5.41, 5.74) is 0. The van der Waals surface area contributed by atoms with Crippen molar-refractivity contribution in [1.29, 1.82) is 0 Å². The summed E-state index contributed by atoms with van der Waals surface area (Å²) >= 11 is 0. The van der Waals surface area contributed by atoms with E-state index in [1.807, 2.05) is 0 Å². The van der Waals surface area contributed by atoms with Gasteiger partial charge in [-0.15, -0.1) is 0 Å². The molecule has 4 unspecified atom stereocenters. The summed E-state index contributed by atoms with van der Waals surface area (Å²) in [6.07, 6.45) is -2.48. The summed E-state index contributed by atoms with van der Waals surface area (Å²) in [6, 6.07) is 0. The molecule has 0 heterocycles. The van der Waals surface area contributed by atoms with Gasteiger partial charge in [-0.3, -0.25) is 9.59 Å². The van der Waals surface area contributed by atoms with Gasteiger partial charge in [-0.1, -0.05) is 13.8 Å². The highest BCUT2D eigenvalue weighted by Crippen LogP contribution is 2.23. The maximum absolute atomic E-state index is 11.1. The summed E-state index contributed by atoms with van der Waals surface area (Å²) in [5.74, 6) is -2.45. The fraction of sp³-hybridized carbons (Fsp3) is 0.750. The highest BCUT2D eigenvalue weighted by Gasteiger charge is 2.43. The van der Waals surface area contributed by atoms with E-state index in [1.165, 1.54) is 13.8 Å². The van der Waals surface area contributed by atoms with Crippen molar-refractivity contribution in [2.24, 2.45) is 11.8 Å². The number of ketones is 2. The normalized spacial score (nSPS) is 43.3. The first-order valence-electron chi connectivity index (χ1n) is 3.90. The number of hydrogen-bond acceptors (Lipinski definition) is 4. The fourth-order valence-electron chi connectivity index (χ4n) is 1.34. The molecule has 0 aromatic heterocycles. The smallest absolute Gasteiger partial charge is 0.167 e. The Balaban J connectivity index is 2.91. The van der Waals surface area contributed by atoms with Gasteiger partial charge in [0.25, 0.3) is 0 Å². The van der Waals surface area contributed by atoms with Crippen molar-refractivity contribution in [2.45, 2.75) is 26.1 Å². The van der Waals surface area contributed by atoms with Crippen molar-refractivity contribution < 1.29 is 19.8 Å². The third kappa shape index (κ3) is 1.17. The van der Waals surface area contributed by atoms with Crippen LogP contribution in [0.3, 0.4) is 0 Å².